The van der Waals surface area contributed by atoms with Crippen molar-refractivity contribution in [3.63, 3.8) is 0 Å². The summed E-state index contributed by atoms with van der Waals surface area (Å²) >= 11 is 0. The van der Waals surface area contributed by atoms with E-state index >= 15 is 0 Å². The Morgan fingerprint density at radius 3 is 1.97 bits per heavy atom. The van der Waals surface area contributed by atoms with Gasteiger partial charge in [-0.15, -0.1) is 0 Å². The van der Waals surface area contributed by atoms with Gasteiger partial charge in [0, 0.05) is 0 Å². The van der Waals surface area contributed by atoms with Crippen molar-refractivity contribution in [2.75, 3.05) is 6.61 Å². The molecule has 0 aliphatic rings. The fourth-order valence-electron chi connectivity index (χ4n) is 3.68. The molecule has 1 rings (SSSR count). The molecule has 0 saturated heterocycles. The van der Waals surface area contributed by atoms with E-state index in [0.717, 1.165) is 25.0 Å². The summed E-state index contributed by atoms with van der Waals surface area (Å²) < 4.78 is 40.1. The third-order valence-electron chi connectivity index (χ3n) is 5.60. The average molecular weight is 449 g/mol. The summed E-state index contributed by atoms with van der Waals surface area (Å²) in [4.78, 5) is 0. The average Bonchev–Trinajstić information content (AvgIpc) is 2.68. The first-order valence-corrected chi connectivity index (χ1v) is 13.1. The molecule has 168 valence electrons. The van der Waals surface area contributed by atoms with E-state index in [1.165, 1.54) is 68.9 Å². The van der Waals surface area contributed by atoms with Gasteiger partial charge in [0.05, 0.1) is 5.25 Å². The minimum absolute atomic E-state index is 0. The van der Waals surface area contributed by atoms with Gasteiger partial charge in [0.1, 0.15) is 22.5 Å². The summed E-state index contributed by atoms with van der Waals surface area (Å²) in [5, 5.41) is -0.988. The van der Waals surface area contributed by atoms with Gasteiger partial charge in [-0.3, -0.25) is 0 Å². The van der Waals surface area contributed by atoms with Crippen LogP contribution < -0.4 is 34.3 Å². The molecule has 0 fully saturated rings. The van der Waals surface area contributed by atoms with Gasteiger partial charge in [0.25, 0.3) is 0 Å². The van der Waals surface area contributed by atoms with Crippen LogP contribution in [0, 0.1) is 0 Å². The Morgan fingerprint density at radius 2 is 1.43 bits per heavy atom. The third kappa shape index (κ3) is 12.1. The van der Waals surface area contributed by atoms with Crippen LogP contribution in [0.5, 0.6) is 5.75 Å². The molecule has 0 amide bonds. The molecule has 0 spiro atoms. The van der Waals surface area contributed by atoms with Crippen molar-refractivity contribution in [3.8, 4) is 5.75 Å². The van der Waals surface area contributed by atoms with Gasteiger partial charge in [-0.2, -0.15) is 0 Å². The van der Waals surface area contributed by atoms with Gasteiger partial charge >= 0.3 is 29.6 Å². The van der Waals surface area contributed by atoms with Crippen LogP contribution in [0.4, 0.5) is 0 Å². The summed E-state index contributed by atoms with van der Waals surface area (Å²) in [7, 11) is -4.33. The molecule has 0 bridgehead atoms. The molecule has 0 aliphatic carbocycles. The zero-order valence-electron chi connectivity index (χ0n) is 19.8. The van der Waals surface area contributed by atoms with E-state index in [0.29, 0.717) is 0 Å². The van der Waals surface area contributed by atoms with Crippen LogP contribution in [-0.2, 0) is 23.0 Å². The van der Waals surface area contributed by atoms with Gasteiger partial charge in [0.15, 0.2) is 0 Å². The van der Waals surface area contributed by atoms with Crippen molar-refractivity contribution < 1.29 is 47.3 Å². The van der Waals surface area contributed by atoms with Crippen LogP contribution in [-0.4, -0.2) is 24.8 Å². The second kappa shape index (κ2) is 17.5. The standard InChI is InChI=1S/C24H42O4S.Na/c1-4-7-9-11-13-16-21-17-15-19-24(23(21)18-14-12-10-8-5-2)28-20-22(6-3)29(25,26)27;/h15,17,19,22H,4-14,16,18,20H2,1-3H3,(H,25,26,27);/q;+1/p-1. The molecule has 4 nitrogen and oxygen atoms in total. The van der Waals surface area contributed by atoms with Crippen molar-refractivity contribution in [1.82, 2.24) is 0 Å². The molecular weight excluding hydrogens is 407 g/mol. The Hall–Kier alpha value is -0.0700. The summed E-state index contributed by atoms with van der Waals surface area (Å²) in [5.41, 5.74) is 2.52. The Kier molecular flexibility index (Phi) is 17.4. The first-order chi connectivity index (χ1) is 13.9. The van der Waals surface area contributed by atoms with Gasteiger partial charge in [-0.05, 0) is 49.3 Å². The molecule has 1 aromatic carbocycles. The molecule has 0 saturated carbocycles. The van der Waals surface area contributed by atoms with Crippen LogP contribution in [0.15, 0.2) is 18.2 Å². The fraction of sp³-hybridized carbons (Fsp3) is 0.750. The molecule has 0 N–H and O–H groups in total. The zero-order valence-corrected chi connectivity index (χ0v) is 22.6. The van der Waals surface area contributed by atoms with Crippen LogP contribution >= 0.6 is 0 Å². The quantitative estimate of drug-likeness (QED) is 0.208. The molecular formula is C24H41NaO4S. The molecule has 1 aromatic rings. The largest absolute Gasteiger partial charge is 1.00 e. The SMILES string of the molecule is CCCCCCCc1cccc(OCC(CC)S(=O)(=O)[O-])c1CCCCCCC.[Na+]. The van der Waals surface area contributed by atoms with Crippen molar-refractivity contribution >= 4 is 10.1 Å². The van der Waals surface area contributed by atoms with Gasteiger partial charge in [-0.1, -0.05) is 84.3 Å². The first kappa shape index (κ1) is 29.9. The van der Waals surface area contributed by atoms with Crippen molar-refractivity contribution in [2.24, 2.45) is 0 Å². The van der Waals surface area contributed by atoms with Crippen LogP contribution in [0.3, 0.4) is 0 Å². The van der Waals surface area contributed by atoms with E-state index in [1.54, 1.807) is 6.92 Å². The number of ether oxygens (including phenoxy) is 1. The molecule has 0 heterocycles. The smallest absolute Gasteiger partial charge is 0.748 e. The van der Waals surface area contributed by atoms with Crippen molar-refractivity contribution in [3.05, 3.63) is 29.3 Å². The Labute approximate surface area is 207 Å². The molecule has 1 unspecified atom stereocenters. The number of rotatable bonds is 17. The van der Waals surface area contributed by atoms with E-state index in [-0.39, 0.29) is 42.6 Å². The molecule has 1 atom stereocenters. The second-order valence-corrected chi connectivity index (χ2v) is 9.71. The van der Waals surface area contributed by atoms with E-state index in [4.69, 9.17) is 4.74 Å². The van der Waals surface area contributed by atoms with Crippen LogP contribution in [0.25, 0.3) is 0 Å². The van der Waals surface area contributed by atoms with Gasteiger partial charge in [-0.25, -0.2) is 8.42 Å². The van der Waals surface area contributed by atoms with Crippen molar-refractivity contribution in [2.45, 2.75) is 109 Å². The Balaban J connectivity index is 0.00000841. The molecule has 6 heteroatoms. The van der Waals surface area contributed by atoms with E-state index in [1.807, 2.05) is 12.1 Å². The number of hydrogen-bond acceptors (Lipinski definition) is 4. The third-order valence-corrected chi connectivity index (χ3v) is 6.88. The first-order valence-electron chi connectivity index (χ1n) is 11.6. The van der Waals surface area contributed by atoms with Gasteiger partial charge in [0.2, 0.25) is 0 Å². The fourth-order valence-corrected chi connectivity index (χ4v) is 4.32. The maximum atomic E-state index is 11.4. The van der Waals surface area contributed by atoms with Crippen LogP contribution in [0.1, 0.15) is 103 Å². The summed E-state index contributed by atoms with van der Waals surface area (Å²) in [6, 6.07) is 6.09. The van der Waals surface area contributed by atoms with Crippen LogP contribution in [0.2, 0.25) is 0 Å². The maximum absolute atomic E-state index is 11.4. The second-order valence-electron chi connectivity index (χ2n) is 8.06. The summed E-state index contributed by atoms with van der Waals surface area (Å²) in [6.45, 7) is 6.09. The number of aryl methyl sites for hydroxylation is 1. The summed E-state index contributed by atoms with van der Waals surface area (Å²) in [5.74, 6) is 0.758. The predicted octanol–water partition coefficient (Wildman–Crippen LogP) is 3.42. The molecule has 30 heavy (non-hydrogen) atoms. The molecule has 0 aliphatic heterocycles. The predicted molar refractivity (Wildman–Crippen MR) is 121 cm³/mol. The molecule has 0 radical (unpaired) electrons. The van der Waals surface area contributed by atoms with Crippen molar-refractivity contribution in [1.29, 1.82) is 0 Å². The number of benzene rings is 1. The Bertz CT molecular complexity index is 661. The zero-order chi connectivity index (χ0) is 21.5. The van der Waals surface area contributed by atoms with E-state index in [2.05, 4.69) is 19.9 Å². The van der Waals surface area contributed by atoms with E-state index in [9.17, 15) is 13.0 Å². The Morgan fingerprint density at radius 1 is 0.867 bits per heavy atom. The maximum Gasteiger partial charge on any atom is 1.00 e. The minimum Gasteiger partial charge on any atom is -0.748 e. The number of unbranched alkanes of at least 4 members (excludes halogenated alkanes) is 8. The normalized spacial score (nSPS) is 12.4. The van der Waals surface area contributed by atoms with Gasteiger partial charge < -0.3 is 9.29 Å². The van der Waals surface area contributed by atoms with E-state index < -0.39 is 15.4 Å². The topological polar surface area (TPSA) is 66.4 Å². The monoisotopic (exact) mass is 448 g/mol. The number of hydrogen-bond donors (Lipinski definition) is 0. The summed E-state index contributed by atoms with van der Waals surface area (Å²) in [6.07, 6.45) is 14.5. The minimum atomic E-state index is -4.33. The molecule has 0 aromatic heterocycles.